The molecule has 0 heterocycles. The predicted octanol–water partition coefficient (Wildman–Crippen LogP) is 3.89. The van der Waals surface area contributed by atoms with Crippen molar-refractivity contribution in [3.05, 3.63) is 71.3 Å². The molecule has 0 saturated heterocycles. The van der Waals surface area contributed by atoms with Gasteiger partial charge in [-0.1, -0.05) is 54.6 Å². The molecule has 0 fully saturated rings. The number of rotatable bonds is 5. The van der Waals surface area contributed by atoms with Gasteiger partial charge >= 0.3 is 0 Å². The summed E-state index contributed by atoms with van der Waals surface area (Å²) in [5.74, 6) is -0.0576. The SMILES string of the molecule is [2H]C(c1ccccc1)c1ccc(C(=O)C(C)(C)OC)cc1. The maximum Gasteiger partial charge on any atom is 0.194 e. The van der Waals surface area contributed by atoms with E-state index in [1.807, 2.05) is 42.5 Å². The summed E-state index contributed by atoms with van der Waals surface area (Å²) in [4.78, 5) is 12.3. The van der Waals surface area contributed by atoms with Gasteiger partial charge in [-0.25, -0.2) is 0 Å². The van der Waals surface area contributed by atoms with Crippen LogP contribution in [0.4, 0.5) is 0 Å². The van der Waals surface area contributed by atoms with E-state index in [1.165, 1.54) is 7.11 Å². The zero-order valence-electron chi connectivity index (χ0n) is 13.1. The monoisotopic (exact) mass is 269 g/mol. The van der Waals surface area contributed by atoms with Crippen LogP contribution in [0, 0.1) is 0 Å². The molecular weight excluding hydrogens is 248 g/mol. The maximum atomic E-state index is 12.3. The molecule has 2 heteroatoms. The molecule has 0 bridgehead atoms. The first-order chi connectivity index (χ1) is 9.95. The van der Waals surface area contributed by atoms with E-state index in [1.54, 1.807) is 26.0 Å². The van der Waals surface area contributed by atoms with E-state index in [0.29, 0.717) is 5.56 Å². The van der Waals surface area contributed by atoms with Crippen LogP contribution in [0.3, 0.4) is 0 Å². The fourth-order valence-corrected chi connectivity index (χ4v) is 1.91. The van der Waals surface area contributed by atoms with Gasteiger partial charge in [-0.15, -0.1) is 0 Å². The van der Waals surface area contributed by atoms with Crippen LogP contribution in [0.15, 0.2) is 54.6 Å². The molecule has 0 amide bonds. The molecule has 1 unspecified atom stereocenters. The number of benzene rings is 2. The first-order valence-electron chi connectivity index (χ1n) is 7.20. The number of hydrogen-bond donors (Lipinski definition) is 0. The van der Waals surface area contributed by atoms with E-state index in [2.05, 4.69) is 0 Å². The minimum absolute atomic E-state index is 0.0576. The van der Waals surface area contributed by atoms with Gasteiger partial charge in [0, 0.05) is 14.0 Å². The van der Waals surface area contributed by atoms with E-state index in [-0.39, 0.29) is 5.78 Å². The highest BCUT2D eigenvalue weighted by Gasteiger charge is 2.27. The lowest BCUT2D eigenvalue weighted by Gasteiger charge is -2.21. The minimum Gasteiger partial charge on any atom is -0.371 e. The molecule has 0 aliphatic rings. The minimum atomic E-state index is -0.832. The lowest BCUT2D eigenvalue weighted by molar-refractivity contribution is 0.0228. The lowest BCUT2D eigenvalue weighted by atomic mass is 9.95. The Morgan fingerprint density at radius 3 is 2.15 bits per heavy atom. The van der Waals surface area contributed by atoms with Crippen molar-refractivity contribution in [1.29, 1.82) is 0 Å². The van der Waals surface area contributed by atoms with E-state index in [4.69, 9.17) is 6.11 Å². The third kappa shape index (κ3) is 3.34. The van der Waals surface area contributed by atoms with Gasteiger partial charge in [0.1, 0.15) is 5.60 Å². The van der Waals surface area contributed by atoms with Crippen LogP contribution in [0.25, 0.3) is 0 Å². The molecule has 0 saturated carbocycles. The second-order valence-corrected chi connectivity index (χ2v) is 5.22. The average molecular weight is 269 g/mol. The highest BCUT2D eigenvalue weighted by atomic mass is 16.5. The van der Waals surface area contributed by atoms with E-state index < -0.39 is 12.0 Å². The molecule has 0 aliphatic heterocycles. The van der Waals surface area contributed by atoms with E-state index >= 15 is 0 Å². The second-order valence-electron chi connectivity index (χ2n) is 5.22. The Balaban J connectivity index is 2.22. The van der Waals surface area contributed by atoms with Crippen molar-refractivity contribution in [2.24, 2.45) is 0 Å². The van der Waals surface area contributed by atoms with Gasteiger partial charge in [-0.3, -0.25) is 4.79 Å². The molecule has 1 atom stereocenters. The molecule has 104 valence electrons. The fourth-order valence-electron chi connectivity index (χ4n) is 1.91. The molecule has 0 aromatic heterocycles. The van der Waals surface area contributed by atoms with Crippen LogP contribution >= 0.6 is 0 Å². The van der Waals surface area contributed by atoms with Crippen molar-refractivity contribution in [2.75, 3.05) is 7.11 Å². The van der Waals surface area contributed by atoms with Gasteiger partial charge in [0.2, 0.25) is 0 Å². The van der Waals surface area contributed by atoms with Crippen molar-refractivity contribution in [2.45, 2.75) is 25.8 Å². The van der Waals surface area contributed by atoms with Gasteiger partial charge in [0.05, 0.1) is 0 Å². The third-order valence-electron chi connectivity index (χ3n) is 3.36. The van der Waals surface area contributed by atoms with E-state index in [9.17, 15) is 4.79 Å². The van der Waals surface area contributed by atoms with Crippen LogP contribution in [-0.4, -0.2) is 18.5 Å². The van der Waals surface area contributed by atoms with Gasteiger partial charge in [0.25, 0.3) is 0 Å². The summed E-state index contributed by atoms with van der Waals surface area (Å²) in [7, 11) is 1.53. The number of methoxy groups -OCH3 is 1. The quantitative estimate of drug-likeness (QED) is 0.770. The molecule has 2 aromatic carbocycles. The summed E-state index contributed by atoms with van der Waals surface area (Å²) < 4.78 is 13.5. The zero-order valence-corrected chi connectivity index (χ0v) is 12.1. The maximum absolute atomic E-state index is 12.3. The highest BCUT2D eigenvalue weighted by molar-refractivity contribution is 6.01. The Kier molecular flexibility index (Phi) is 3.93. The summed E-state index contributed by atoms with van der Waals surface area (Å²) in [6.45, 7) is 3.50. The molecule has 20 heavy (non-hydrogen) atoms. The average Bonchev–Trinajstić information content (AvgIpc) is 2.54. The van der Waals surface area contributed by atoms with Crippen molar-refractivity contribution < 1.29 is 10.9 Å². The Morgan fingerprint density at radius 2 is 1.60 bits per heavy atom. The highest BCUT2D eigenvalue weighted by Crippen LogP contribution is 2.18. The number of ether oxygens (including phenoxy) is 1. The first-order valence-corrected chi connectivity index (χ1v) is 6.63. The molecule has 2 aromatic rings. The van der Waals surface area contributed by atoms with Crippen molar-refractivity contribution in [1.82, 2.24) is 0 Å². The molecule has 0 spiro atoms. The predicted molar refractivity (Wildman–Crippen MR) is 81.1 cm³/mol. The topological polar surface area (TPSA) is 26.3 Å². The normalized spacial score (nSPS) is 13.7. The smallest absolute Gasteiger partial charge is 0.194 e. The second kappa shape index (κ2) is 6.02. The number of Topliss-reactive ketones (excluding diaryl/α,β-unsaturated/α-hetero) is 1. The summed E-state index contributed by atoms with van der Waals surface area (Å²) in [6, 6.07) is 16.9. The molecule has 0 N–H and O–H groups in total. The van der Waals surface area contributed by atoms with Gasteiger partial charge in [0.15, 0.2) is 5.78 Å². The van der Waals surface area contributed by atoms with Crippen molar-refractivity contribution in [3.8, 4) is 0 Å². The molecule has 2 rings (SSSR count). The van der Waals surface area contributed by atoms with Gasteiger partial charge in [-0.05, 0) is 31.4 Å². The summed E-state index contributed by atoms with van der Waals surface area (Å²) in [6.07, 6.45) is -0.439. The largest absolute Gasteiger partial charge is 0.371 e. The number of hydrogen-bond acceptors (Lipinski definition) is 2. The Bertz CT molecular complexity index is 603. The Morgan fingerprint density at radius 1 is 1.05 bits per heavy atom. The number of carbonyl (C=O) groups is 1. The molecular formula is C18H20O2. The first kappa shape index (κ1) is 13.1. The van der Waals surface area contributed by atoms with Crippen LogP contribution in [-0.2, 0) is 11.1 Å². The van der Waals surface area contributed by atoms with Crippen LogP contribution in [0.5, 0.6) is 0 Å². The number of ketones is 1. The lowest BCUT2D eigenvalue weighted by Crippen LogP contribution is -2.33. The summed E-state index contributed by atoms with van der Waals surface area (Å²) in [5, 5.41) is 0. The van der Waals surface area contributed by atoms with Crippen molar-refractivity contribution in [3.63, 3.8) is 0 Å². The molecule has 2 nitrogen and oxygen atoms in total. The Labute approximate surface area is 121 Å². The van der Waals surface area contributed by atoms with Gasteiger partial charge in [-0.2, -0.15) is 0 Å². The molecule has 0 radical (unpaired) electrons. The van der Waals surface area contributed by atoms with Gasteiger partial charge < -0.3 is 4.74 Å². The fraction of sp³-hybridized carbons (Fsp3) is 0.278. The number of carbonyl (C=O) groups excluding carboxylic acids is 1. The zero-order chi connectivity index (χ0) is 15.5. The van der Waals surface area contributed by atoms with Crippen LogP contribution in [0.2, 0.25) is 0 Å². The third-order valence-corrected chi connectivity index (χ3v) is 3.36. The van der Waals surface area contributed by atoms with Crippen LogP contribution in [0.1, 0.15) is 36.7 Å². The summed E-state index contributed by atoms with van der Waals surface area (Å²) >= 11 is 0. The van der Waals surface area contributed by atoms with Crippen molar-refractivity contribution >= 4 is 5.78 Å². The van der Waals surface area contributed by atoms with E-state index in [0.717, 1.165) is 11.1 Å². The Hall–Kier alpha value is -1.93. The molecule has 0 aliphatic carbocycles. The standard InChI is InChI=1S/C18H20O2/c1-18(2,20-3)17(19)16-11-9-15(10-12-16)13-14-7-5-4-6-8-14/h4-12H,13H2,1-3H3/i13D. The summed E-state index contributed by atoms with van der Waals surface area (Å²) in [5.41, 5.74) is 1.58. The van der Waals surface area contributed by atoms with Crippen LogP contribution < -0.4 is 0 Å².